The average Bonchev–Trinajstić information content (AvgIpc) is 2.13. The molecule has 0 heterocycles. The molecule has 0 radical (unpaired) electrons. The second-order valence-electron chi connectivity index (χ2n) is 3.53. The Labute approximate surface area is 102 Å². The van der Waals surface area contributed by atoms with Crippen molar-refractivity contribution in [1.82, 2.24) is 0 Å². The number of hydrogen-bond donors (Lipinski definition) is 1. The molecule has 0 aliphatic carbocycles. The van der Waals surface area contributed by atoms with Crippen LogP contribution >= 0.6 is 15.9 Å². The van der Waals surface area contributed by atoms with E-state index in [9.17, 15) is 4.21 Å². The Hall–Kier alpha value is -0.350. The van der Waals surface area contributed by atoms with E-state index in [0.717, 1.165) is 28.6 Å². The highest BCUT2D eigenvalue weighted by Gasteiger charge is 2.03. The lowest BCUT2D eigenvalue weighted by Crippen LogP contribution is -2.01. The van der Waals surface area contributed by atoms with Crippen molar-refractivity contribution in [3.8, 4) is 0 Å². The Morgan fingerprint density at radius 3 is 2.73 bits per heavy atom. The SMILES string of the molecule is CCCCS(=O)Cc1cc(N)cc(Br)c1. The minimum Gasteiger partial charge on any atom is -0.399 e. The quantitative estimate of drug-likeness (QED) is 0.847. The summed E-state index contributed by atoms with van der Waals surface area (Å²) in [5.74, 6) is 1.38. The molecule has 0 aliphatic heterocycles. The number of nitrogens with two attached hydrogens (primary N) is 1. The van der Waals surface area contributed by atoms with E-state index in [0.29, 0.717) is 11.4 Å². The van der Waals surface area contributed by atoms with Gasteiger partial charge in [-0.05, 0) is 30.2 Å². The third-order valence-electron chi connectivity index (χ3n) is 2.03. The molecule has 1 atom stereocenters. The lowest BCUT2D eigenvalue weighted by molar-refractivity contribution is 0.679. The molecule has 0 amide bonds. The van der Waals surface area contributed by atoms with Crippen LogP contribution in [0.3, 0.4) is 0 Å². The molecule has 2 nitrogen and oxygen atoms in total. The van der Waals surface area contributed by atoms with Crippen LogP contribution < -0.4 is 5.73 Å². The van der Waals surface area contributed by atoms with Gasteiger partial charge in [0.2, 0.25) is 0 Å². The second kappa shape index (κ2) is 6.28. The summed E-state index contributed by atoms with van der Waals surface area (Å²) in [6.07, 6.45) is 2.11. The highest BCUT2D eigenvalue weighted by atomic mass is 79.9. The monoisotopic (exact) mass is 289 g/mol. The standard InChI is InChI=1S/C11H16BrNOS/c1-2-3-4-15(14)8-9-5-10(12)7-11(13)6-9/h5-7H,2-4,8,13H2,1H3. The molecule has 4 heteroatoms. The second-order valence-corrected chi connectivity index (χ2v) is 6.03. The molecule has 0 saturated carbocycles. The maximum atomic E-state index is 11.6. The first-order valence-electron chi connectivity index (χ1n) is 5.01. The first-order chi connectivity index (χ1) is 7.11. The molecule has 15 heavy (non-hydrogen) atoms. The summed E-state index contributed by atoms with van der Waals surface area (Å²) in [5.41, 5.74) is 7.46. The van der Waals surface area contributed by atoms with Gasteiger partial charge in [0.05, 0.1) is 0 Å². The van der Waals surface area contributed by atoms with Crippen molar-refractivity contribution in [2.45, 2.75) is 25.5 Å². The van der Waals surface area contributed by atoms with Gasteiger partial charge in [-0.2, -0.15) is 0 Å². The van der Waals surface area contributed by atoms with Crippen molar-refractivity contribution < 1.29 is 4.21 Å². The topological polar surface area (TPSA) is 43.1 Å². The number of anilines is 1. The van der Waals surface area contributed by atoms with E-state index in [1.807, 2.05) is 18.2 Å². The van der Waals surface area contributed by atoms with Gasteiger partial charge in [0.1, 0.15) is 0 Å². The Morgan fingerprint density at radius 2 is 2.13 bits per heavy atom. The van der Waals surface area contributed by atoms with E-state index in [1.54, 1.807) is 0 Å². The van der Waals surface area contributed by atoms with E-state index in [1.165, 1.54) is 0 Å². The molecular formula is C11H16BrNOS. The van der Waals surface area contributed by atoms with Crippen molar-refractivity contribution in [3.63, 3.8) is 0 Å². The number of halogens is 1. The minimum atomic E-state index is -0.764. The fourth-order valence-electron chi connectivity index (χ4n) is 1.32. The van der Waals surface area contributed by atoms with Crippen molar-refractivity contribution in [1.29, 1.82) is 0 Å². The summed E-state index contributed by atoms with van der Waals surface area (Å²) in [6, 6.07) is 5.70. The molecule has 1 rings (SSSR count). The third kappa shape index (κ3) is 4.80. The summed E-state index contributed by atoms with van der Waals surface area (Å²) in [6.45, 7) is 2.11. The zero-order valence-electron chi connectivity index (χ0n) is 8.83. The Balaban J connectivity index is 2.60. The average molecular weight is 290 g/mol. The minimum absolute atomic E-state index is 0.601. The van der Waals surface area contributed by atoms with E-state index in [-0.39, 0.29) is 0 Å². The fourth-order valence-corrected chi connectivity index (χ4v) is 3.17. The summed E-state index contributed by atoms with van der Waals surface area (Å²) in [7, 11) is -0.764. The molecular weight excluding hydrogens is 274 g/mol. The highest BCUT2D eigenvalue weighted by molar-refractivity contribution is 9.10. The van der Waals surface area contributed by atoms with Crippen molar-refractivity contribution in [3.05, 3.63) is 28.2 Å². The van der Waals surface area contributed by atoms with Crippen LogP contribution in [-0.2, 0) is 16.6 Å². The van der Waals surface area contributed by atoms with Gasteiger partial charge in [-0.15, -0.1) is 0 Å². The summed E-state index contributed by atoms with van der Waals surface area (Å²) < 4.78 is 12.6. The van der Waals surface area contributed by atoms with Gasteiger partial charge >= 0.3 is 0 Å². The molecule has 0 fully saturated rings. The van der Waals surface area contributed by atoms with Gasteiger partial charge in [0.25, 0.3) is 0 Å². The molecule has 1 aromatic carbocycles. The van der Waals surface area contributed by atoms with Gasteiger partial charge in [-0.3, -0.25) is 4.21 Å². The number of rotatable bonds is 5. The zero-order chi connectivity index (χ0) is 11.3. The molecule has 0 spiro atoms. The number of benzene rings is 1. The van der Waals surface area contributed by atoms with Crippen LogP contribution in [0.5, 0.6) is 0 Å². The van der Waals surface area contributed by atoms with Crippen molar-refractivity contribution in [2.75, 3.05) is 11.5 Å². The largest absolute Gasteiger partial charge is 0.399 e. The molecule has 0 bridgehead atoms. The van der Waals surface area contributed by atoms with Crippen LogP contribution in [-0.4, -0.2) is 9.96 Å². The summed E-state index contributed by atoms with van der Waals surface area (Å²) in [5, 5.41) is 0. The Kier molecular flexibility index (Phi) is 5.32. The van der Waals surface area contributed by atoms with Crippen LogP contribution in [0.4, 0.5) is 5.69 Å². The Morgan fingerprint density at radius 1 is 1.40 bits per heavy atom. The lowest BCUT2D eigenvalue weighted by Gasteiger charge is -2.04. The van der Waals surface area contributed by atoms with E-state index in [4.69, 9.17) is 5.73 Å². The smallest absolute Gasteiger partial charge is 0.0486 e. The number of nitrogen functional groups attached to an aromatic ring is 1. The molecule has 1 aromatic rings. The summed E-state index contributed by atoms with van der Waals surface area (Å²) in [4.78, 5) is 0. The van der Waals surface area contributed by atoms with Crippen molar-refractivity contribution in [2.24, 2.45) is 0 Å². The predicted molar refractivity (Wildman–Crippen MR) is 70.2 cm³/mol. The van der Waals surface area contributed by atoms with Crippen LogP contribution in [0, 0.1) is 0 Å². The van der Waals surface area contributed by atoms with E-state index in [2.05, 4.69) is 22.9 Å². The van der Waals surface area contributed by atoms with E-state index < -0.39 is 10.8 Å². The first kappa shape index (κ1) is 12.7. The Bertz CT molecular complexity index is 334. The predicted octanol–water partition coefficient (Wildman–Crippen LogP) is 3.08. The maximum absolute atomic E-state index is 11.6. The molecule has 84 valence electrons. The van der Waals surface area contributed by atoms with Gasteiger partial charge in [-0.25, -0.2) is 0 Å². The van der Waals surface area contributed by atoms with Gasteiger partial charge in [0, 0.05) is 32.5 Å². The van der Waals surface area contributed by atoms with Crippen molar-refractivity contribution >= 4 is 32.4 Å². The van der Waals surface area contributed by atoms with Gasteiger partial charge < -0.3 is 5.73 Å². The summed E-state index contributed by atoms with van der Waals surface area (Å²) >= 11 is 3.38. The maximum Gasteiger partial charge on any atom is 0.0486 e. The van der Waals surface area contributed by atoms with Crippen LogP contribution in [0.15, 0.2) is 22.7 Å². The van der Waals surface area contributed by atoms with Crippen LogP contribution in [0.1, 0.15) is 25.3 Å². The molecule has 1 unspecified atom stereocenters. The van der Waals surface area contributed by atoms with Crippen LogP contribution in [0.25, 0.3) is 0 Å². The van der Waals surface area contributed by atoms with E-state index >= 15 is 0 Å². The fraction of sp³-hybridized carbons (Fsp3) is 0.455. The zero-order valence-corrected chi connectivity index (χ0v) is 11.2. The van der Waals surface area contributed by atoms with Gasteiger partial charge in [-0.1, -0.05) is 29.3 Å². The first-order valence-corrected chi connectivity index (χ1v) is 7.30. The molecule has 0 aromatic heterocycles. The lowest BCUT2D eigenvalue weighted by atomic mass is 10.2. The van der Waals surface area contributed by atoms with Crippen LogP contribution in [0.2, 0.25) is 0 Å². The highest BCUT2D eigenvalue weighted by Crippen LogP contribution is 2.18. The normalized spacial score (nSPS) is 12.7. The third-order valence-corrected chi connectivity index (χ3v) is 3.89. The molecule has 2 N–H and O–H groups in total. The molecule has 0 aliphatic rings. The number of unbranched alkanes of at least 4 members (excludes halogenated alkanes) is 1. The molecule has 0 saturated heterocycles. The van der Waals surface area contributed by atoms with Gasteiger partial charge in [0.15, 0.2) is 0 Å². The number of hydrogen-bond acceptors (Lipinski definition) is 2.